The highest BCUT2D eigenvalue weighted by atomic mass is 79.9. The molecule has 0 saturated heterocycles. The van der Waals surface area contributed by atoms with Crippen molar-refractivity contribution in [3.05, 3.63) is 86.9 Å². The zero-order valence-electron chi connectivity index (χ0n) is 19.1. The van der Waals surface area contributed by atoms with Gasteiger partial charge in [0.15, 0.2) is 11.5 Å². The Morgan fingerprint density at radius 2 is 1.60 bits per heavy atom. The van der Waals surface area contributed by atoms with Gasteiger partial charge in [-0.25, -0.2) is 4.79 Å². The number of hydrogen-bond acceptors (Lipinski definition) is 4. The van der Waals surface area contributed by atoms with Crippen LogP contribution < -0.4 is 14.8 Å². The number of halogens is 4. The maximum atomic E-state index is 13.1. The third-order valence-corrected chi connectivity index (χ3v) is 7.14. The van der Waals surface area contributed by atoms with Gasteiger partial charge in [-0.1, -0.05) is 41.1 Å². The minimum absolute atomic E-state index is 0.0810. The summed E-state index contributed by atoms with van der Waals surface area (Å²) in [5.74, 6) is -0.498. The van der Waals surface area contributed by atoms with E-state index < -0.39 is 23.8 Å². The fourth-order valence-corrected chi connectivity index (χ4v) is 5.33. The van der Waals surface area contributed by atoms with Crippen LogP contribution >= 0.6 is 15.9 Å². The Labute approximate surface area is 209 Å². The summed E-state index contributed by atoms with van der Waals surface area (Å²) in [7, 11) is 3.07. The van der Waals surface area contributed by atoms with Crippen molar-refractivity contribution in [3.8, 4) is 11.5 Å². The number of carboxylic acids is 1. The van der Waals surface area contributed by atoms with Crippen LogP contribution in [0.15, 0.2) is 59.1 Å². The monoisotopic (exact) mass is 549 g/mol. The Morgan fingerprint density at radius 3 is 2.17 bits per heavy atom. The van der Waals surface area contributed by atoms with E-state index >= 15 is 0 Å². The SMILES string of the molecule is COc1ccc([C@H]2c3c(Br)ccc(C(=O)O)c3N[C@H](c3ccc(C(F)(F)F)cc3)[C@@H]2C)cc1OC. The average Bonchev–Trinajstić information content (AvgIpc) is 2.83. The van der Waals surface area contributed by atoms with Gasteiger partial charge in [-0.2, -0.15) is 13.2 Å². The maximum Gasteiger partial charge on any atom is 0.416 e. The zero-order chi connectivity index (χ0) is 25.5. The Bertz CT molecular complexity index is 1260. The third kappa shape index (κ3) is 4.57. The van der Waals surface area contributed by atoms with Gasteiger partial charge in [0.05, 0.1) is 37.1 Å². The van der Waals surface area contributed by atoms with Crippen LogP contribution in [0.5, 0.6) is 11.5 Å². The number of anilines is 1. The van der Waals surface area contributed by atoms with Crippen molar-refractivity contribution in [3.63, 3.8) is 0 Å². The maximum absolute atomic E-state index is 13.1. The molecule has 1 aliphatic heterocycles. The molecule has 0 spiro atoms. The van der Waals surface area contributed by atoms with Gasteiger partial charge >= 0.3 is 12.1 Å². The second-order valence-electron chi connectivity index (χ2n) is 8.38. The number of nitrogens with one attached hydrogen (secondary N) is 1. The number of carboxylic acid groups (broad SMARTS) is 1. The lowest BCUT2D eigenvalue weighted by atomic mass is 9.72. The molecule has 0 bridgehead atoms. The van der Waals surface area contributed by atoms with E-state index in [0.29, 0.717) is 22.7 Å². The van der Waals surface area contributed by atoms with Crippen LogP contribution in [0.4, 0.5) is 18.9 Å². The van der Waals surface area contributed by atoms with Crippen LogP contribution in [0.3, 0.4) is 0 Å². The van der Waals surface area contributed by atoms with Gasteiger partial charge in [0.1, 0.15) is 0 Å². The lowest BCUT2D eigenvalue weighted by Gasteiger charge is -2.41. The van der Waals surface area contributed by atoms with Gasteiger partial charge in [-0.15, -0.1) is 0 Å². The van der Waals surface area contributed by atoms with Crippen LogP contribution in [0.1, 0.15) is 51.5 Å². The van der Waals surface area contributed by atoms with Crippen LogP contribution in [-0.2, 0) is 6.18 Å². The Morgan fingerprint density at radius 1 is 0.971 bits per heavy atom. The minimum atomic E-state index is -4.44. The molecule has 5 nitrogen and oxygen atoms in total. The quantitative estimate of drug-likeness (QED) is 0.354. The summed E-state index contributed by atoms with van der Waals surface area (Å²) >= 11 is 3.59. The second kappa shape index (κ2) is 9.45. The molecule has 4 rings (SSSR count). The number of fused-ring (bicyclic) bond motifs is 1. The molecule has 2 N–H and O–H groups in total. The lowest BCUT2D eigenvalue weighted by molar-refractivity contribution is -0.137. The van der Waals surface area contributed by atoms with Crippen LogP contribution in [0, 0.1) is 5.92 Å². The van der Waals surface area contributed by atoms with E-state index in [1.165, 1.54) is 32.4 Å². The first kappa shape index (κ1) is 24.9. The van der Waals surface area contributed by atoms with Crippen molar-refractivity contribution < 1.29 is 32.5 Å². The van der Waals surface area contributed by atoms with Crippen LogP contribution in [0.2, 0.25) is 0 Å². The van der Waals surface area contributed by atoms with Crippen LogP contribution in [0.25, 0.3) is 0 Å². The molecule has 0 unspecified atom stereocenters. The third-order valence-electron chi connectivity index (χ3n) is 6.45. The molecule has 0 amide bonds. The van der Waals surface area contributed by atoms with E-state index in [2.05, 4.69) is 21.2 Å². The summed E-state index contributed by atoms with van der Waals surface area (Å²) in [6.07, 6.45) is -4.44. The average molecular weight is 550 g/mol. The van der Waals surface area contributed by atoms with E-state index in [0.717, 1.165) is 27.7 Å². The first-order valence-corrected chi connectivity index (χ1v) is 11.6. The Balaban J connectivity index is 1.90. The number of methoxy groups -OCH3 is 2. The van der Waals surface area contributed by atoms with Crippen molar-refractivity contribution in [2.24, 2.45) is 5.92 Å². The molecular formula is C26H23BrF3NO4. The summed E-state index contributed by atoms with van der Waals surface area (Å²) in [6, 6.07) is 13.2. The molecule has 184 valence electrons. The number of benzene rings is 3. The standard InChI is InChI=1S/C26H23BrF3NO4/c1-13-21(15-6-11-19(34-2)20(12-15)35-3)22-18(27)10-9-17(25(32)33)24(22)31-23(13)14-4-7-16(8-5-14)26(28,29)30/h4-13,21,23,31H,1-3H3,(H,32,33)/t13-,21+,23+/m1/s1. The molecule has 9 heteroatoms. The molecule has 0 radical (unpaired) electrons. The van der Waals surface area contributed by atoms with Crippen molar-refractivity contribution in [2.75, 3.05) is 19.5 Å². The molecule has 0 aromatic heterocycles. The Hall–Kier alpha value is -3.20. The molecule has 35 heavy (non-hydrogen) atoms. The van der Waals surface area contributed by atoms with Crippen molar-refractivity contribution >= 4 is 27.6 Å². The van der Waals surface area contributed by atoms with Crippen molar-refractivity contribution in [1.29, 1.82) is 0 Å². The van der Waals surface area contributed by atoms with E-state index in [1.54, 1.807) is 12.1 Å². The molecule has 0 saturated carbocycles. The number of aromatic carboxylic acids is 1. The molecular weight excluding hydrogens is 527 g/mol. The van der Waals surface area contributed by atoms with Crippen molar-refractivity contribution in [2.45, 2.75) is 25.1 Å². The predicted octanol–water partition coefficient (Wildman–Crippen LogP) is 7.12. The molecule has 3 atom stereocenters. The van der Waals surface area contributed by atoms with E-state index in [9.17, 15) is 23.1 Å². The summed E-state index contributed by atoms with van der Waals surface area (Å²) in [6.45, 7) is 1.99. The highest BCUT2D eigenvalue weighted by Crippen LogP contribution is 2.52. The molecule has 1 aliphatic rings. The molecule has 1 heterocycles. The molecule has 3 aromatic carbocycles. The van der Waals surface area contributed by atoms with Crippen molar-refractivity contribution in [1.82, 2.24) is 0 Å². The fourth-order valence-electron chi connectivity index (χ4n) is 4.76. The van der Waals surface area contributed by atoms with Gasteiger partial charge in [0.2, 0.25) is 0 Å². The second-order valence-corrected chi connectivity index (χ2v) is 9.24. The number of alkyl halides is 3. The summed E-state index contributed by atoms with van der Waals surface area (Å²) in [5.41, 5.74) is 2.01. The lowest BCUT2D eigenvalue weighted by Crippen LogP contribution is -2.32. The predicted molar refractivity (Wildman–Crippen MR) is 129 cm³/mol. The van der Waals surface area contributed by atoms with E-state index in [-0.39, 0.29) is 17.4 Å². The molecule has 0 fully saturated rings. The summed E-state index contributed by atoms with van der Waals surface area (Å²) in [4.78, 5) is 12.1. The van der Waals surface area contributed by atoms with Gasteiger partial charge in [0.25, 0.3) is 0 Å². The first-order chi connectivity index (χ1) is 16.6. The topological polar surface area (TPSA) is 67.8 Å². The smallest absolute Gasteiger partial charge is 0.416 e. The van der Waals surface area contributed by atoms with Gasteiger partial charge in [-0.05, 0) is 59.0 Å². The zero-order valence-corrected chi connectivity index (χ0v) is 20.7. The highest BCUT2D eigenvalue weighted by molar-refractivity contribution is 9.10. The number of rotatable bonds is 5. The molecule has 3 aromatic rings. The number of ether oxygens (including phenoxy) is 2. The summed E-state index contributed by atoms with van der Waals surface area (Å²) in [5, 5.41) is 13.2. The van der Waals surface area contributed by atoms with E-state index in [4.69, 9.17) is 9.47 Å². The normalized spacial score (nSPS) is 19.5. The van der Waals surface area contributed by atoms with Gasteiger partial charge in [-0.3, -0.25) is 0 Å². The Kier molecular flexibility index (Phi) is 6.73. The highest BCUT2D eigenvalue weighted by Gasteiger charge is 2.39. The first-order valence-electron chi connectivity index (χ1n) is 10.8. The number of hydrogen-bond donors (Lipinski definition) is 2. The van der Waals surface area contributed by atoms with E-state index in [1.807, 2.05) is 19.1 Å². The largest absolute Gasteiger partial charge is 0.493 e. The fraction of sp³-hybridized carbons (Fsp3) is 0.269. The van der Waals surface area contributed by atoms with Gasteiger partial charge in [0, 0.05) is 10.4 Å². The van der Waals surface area contributed by atoms with Gasteiger partial charge < -0.3 is 19.9 Å². The molecule has 0 aliphatic carbocycles. The number of carbonyl (C=O) groups is 1. The minimum Gasteiger partial charge on any atom is -0.493 e. The van der Waals surface area contributed by atoms with Crippen LogP contribution in [-0.4, -0.2) is 25.3 Å². The summed E-state index contributed by atoms with van der Waals surface area (Å²) < 4.78 is 51.0.